The standard InChI is InChI=1S/C31H32N4O6/c1-31(2,3)41-30(38)34-13-12-21-14-27(40-19-20-8-6-5-7-9-20)26(39-4)15-24(21)25(34)11-10-23-17-33-29-32-16-22(28(36)37)18-35(23)29/h5-11,14-18,25H,12-13,19H2,1-4H3,(H,36,37)/b11-10+. The maximum absolute atomic E-state index is 13.3. The van der Waals surface area contributed by atoms with Crippen molar-refractivity contribution in [2.24, 2.45) is 0 Å². The van der Waals surface area contributed by atoms with Gasteiger partial charge in [-0.3, -0.25) is 9.30 Å². The molecule has 2 aromatic carbocycles. The minimum atomic E-state index is -1.09. The molecule has 0 bridgehead atoms. The summed E-state index contributed by atoms with van der Waals surface area (Å²) in [5.74, 6) is 0.453. The van der Waals surface area contributed by atoms with E-state index >= 15 is 0 Å². The number of imidazole rings is 1. The van der Waals surface area contributed by atoms with E-state index in [1.165, 1.54) is 12.4 Å². The third-order valence-corrected chi connectivity index (χ3v) is 6.66. The second-order valence-electron chi connectivity index (χ2n) is 10.7. The second-order valence-corrected chi connectivity index (χ2v) is 10.7. The van der Waals surface area contributed by atoms with Gasteiger partial charge in [-0.05, 0) is 62.1 Å². The molecule has 10 heteroatoms. The Morgan fingerprint density at radius 3 is 2.56 bits per heavy atom. The number of carbonyl (C=O) groups excluding carboxylic acids is 1. The van der Waals surface area contributed by atoms with Crippen LogP contribution < -0.4 is 9.47 Å². The number of benzene rings is 2. The number of hydrogen-bond acceptors (Lipinski definition) is 7. The van der Waals surface area contributed by atoms with Gasteiger partial charge in [0.2, 0.25) is 5.78 Å². The number of ether oxygens (including phenoxy) is 3. The molecule has 1 aliphatic rings. The van der Waals surface area contributed by atoms with Gasteiger partial charge in [-0.25, -0.2) is 19.6 Å². The van der Waals surface area contributed by atoms with E-state index in [2.05, 4.69) is 9.97 Å². The van der Waals surface area contributed by atoms with Crippen molar-refractivity contribution in [2.75, 3.05) is 13.7 Å². The Hall–Kier alpha value is -4.86. The number of hydrogen-bond donors (Lipinski definition) is 1. The van der Waals surface area contributed by atoms with Crippen molar-refractivity contribution >= 4 is 23.9 Å². The lowest BCUT2D eigenvalue weighted by atomic mass is 9.91. The van der Waals surface area contributed by atoms with Crippen molar-refractivity contribution in [3.8, 4) is 11.5 Å². The Morgan fingerprint density at radius 1 is 1.10 bits per heavy atom. The SMILES string of the molecule is COc1cc2c(cc1OCc1ccccc1)CCN(C(=O)OC(C)(C)C)C2/C=C/c1cnc2ncc(C(=O)O)cn12. The number of amides is 1. The molecule has 2 aromatic heterocycles. The highest BCUT2D eigenvalue weighted by atomic mass is 16.6. The molecule has 0 saturated heterocycles. The molecule has 0 aliphatic carbocycles. The van der Waals surface area contributed by atoms with Crippen LogP contribution in [0.2, 0.25) is 0 Å². The summed E-state index contributed by atoms with van der Waals surface area (Å²) in [6.45, 7) is 6.32. The van der Waals surface area contributed by atoms with Gasteiger partial charge in [-0.2, -0.15) is 0 Å². The molecule has 212 valence electrons. The zero-order chi connectivity index (χ0) is 29.1. The van der Waals surface area contributed by atoms with Crippen molar-refractivity contribution < 1.29 is 28.9 Å². The van der Waals surface area contributed by atoms with E-state index in [4.69, 9.17) is 14.2 Å². The Kier molecular flexibility index (Phi) is 7.65. The van der Waals surface area contributed by atoms with Crippen LogP contribution in [0.15, 0.2) is 67.1 Å². The number of fused-ring (bicyclic) bond motifs is 2. The van der Waals surface area contributed by atoms with Crippen LogP contribution in [0.3, 0.4) is 0 Å². The molecule has 10 nitrogen and oxygen atoms in total. The highest BCUT2D eigenvalue weighted by Crippen LogP contribution is 2.40. The Labute approximate surface area is 237 Å². The molecular weight excluding hydrogens is 524 g/mol. The van der Waals surface area contributed by atoms with Crippen LogP contribution >= 0.6 is 0 Å². The van der Waals surface area contributed by atoms with Crippen LogP contribution in [-0.4, -0.2) is 55.7 Å². The zero-order valence-electron chi connectivity index (χ0n) is 23.4. The molecule has 0 saturated carbocycles. The first-order valence-electron chi connectivity index (χ1n) is 13.2. The van der Waals surface area contributed by atoms with Crippen molar-refractivity contribution in [1.82, 2.24) is 19.3 Å². The number of nitrogens with zero attached hydrogens (tertiary/aromatic N) is 4. The molecule has 1 N–H and O–H groups in total. The van der Waals surface area contributed by atoms with Gasteiger partial charge in [0.05, 0.1) is 30.6 Å². The maximum Gasteiger partial charge on any atom is 0.411 e. The second kappa shape index (κ2) is 11.3. The molecule has 1 unspecified atom stereocenters. The average Bonchev–Trinajstić information content (AvgIpc) is 3.35. The van der Waals surface area contributed by atoms with E-state index in [0.29, 0.717) is 42.5 Å². The smallest absolute Gasteiger partial charge is 0.411 e. The number of methoxy groups -OCH3 is 1. The number of carbonyl (C=O) groups is 2. The van der Waals surface area contributed by atoms with E-state index in [1.807, 2.05) is 69.3 Å². The first-order chi connectivity index (χ1) is 19.6. The third-order valence-electron chi connectivity index (χ3n) is 6.66. The van der Waals surface area contributed by atoms with Crippen molar-refractivity contribution in [2.45, 2.75) is 45.4 Å². The average molecular weight is 557 g/mol. The summed E-state index contributed by atoms with van der Waals surface area (Å²) >= 11 is 0. The molecule has 1 aliphatic heterocycles. The third kappa shape index (κ3) is 6.16. The van der Waals surface area contributed by atoms with Crippen LogP contribution in [-0.2, 0) is 17.8 Å². The molecule has 3 heterocycles. The monoisotopic (exact) mass is 556 g/mol. The van der Waals surface area contributed by atoms with E-state index in [9.17, 15) is 14.7 Å². The van der Waals surface area contributed by atoms with E-state index in [-0.39, 0.29) is 5.56 Å². The van der Waals surface area contributed by atoms with Gasteiger partial charge in [-0.15, -0.1) is 0 Å². The number of carboxylic acid groups (broad SMARTS) is 1. The molecule has 0 spiro atoms. The lowest BCUT2D eigenvalue weighted by Crippen LogP contribution is -2.42. The van der Waals surface area contributed by atoms with Gasteiger partial charge in [0, 0.05) is 18.9 Å². The van der Waals surface area contributed by atoms with E-state index in [1.54, 1.807) is 28.7 Å². The molecular formula is C31H32N4O6. The van der Waals surface area contributed by atoms with Crippen LogP contribution in [0, 0.1) is 0 Å². The number of aromatic nitrogens is 3. The molecule has 1 amide bonds. The normalized spacial score (nSPS) is 15.1. The molecule has 1 atom stereocenters. The molecule has 5 rings (SSSR count). The van der Waals surface area contributed by atoms with Crippen LogP contribution in [0.1, 0.15) is 59.6 Å². The predicted molar refractivity (Wildman–Crippen MR) is 152 cm³/mol. The first kappa shape index (κ1) is 27.7. The lowest BCUT2D eigenvalue weighted by Gasteiger charge is -2.37. The Balaban J connectivity index is 1.52. The van der Waals surface area contributed by atoms with Crippen molar-refractivity contribution in [1.29, 1.82) is 0 Å². The topological polar surface area (TPSA) is 115 Å². The van der Waals surface area contributed by atoms with Crippen LogP contribution in [0.4, 0.5) is 4.79 Å². The van der Waals surface area contributed by atoms with Gasteiger partial charge in [0.25, 0.3) is 0 Å². The first-order valence-corrected chi connectivity index (χ1v) is 13.2. The minimum Gasteiger partial charge on any atom is -0.493 e. The highest BCUT2D eigenvalue weighted by Gasteiger charge is 2.33. The summed E-state index contributed by atoms with van der Waals surface area (Å²) in [6.07, 6.45) is 8.19. The number of aromatic carboxylic acids is 1. The van der Waals surface area contributed by atoms with Crippen LogP contribution in [0.25, 0.3) is 11.9 Å². The van der Waals surface area contributed by atoms with E-state index < -0.39 is 23.7 Å². The Bertz CT molecular complexity index is 1610. The fraction of sp³-hybridized carbons (Fsp3) is 0.290. The van der Waals surface area contributed by atoms with Crippen molar-refractivity contribution in [3.63, 3.8) is 0 Å². The number of rotatable bonds is 7. The van der Waals surface area contributed by atoms with Gasteiger partial charge < -0.3 is 19.3 Å². The summed E-state index contributed by atoms with van der Waals surface area (Å²) in [5, 5.41) is 9.41. The largest absolute Gasteiger partial charge is 0.493 e. The molecule has 0 fully saturated rings. The maximum atomic E-state index is 13.3. The van der Waals surface area contributed by atoms with Crippen LogP contribution in [0.5, 0.6) is 11.5 Å². The fourth-order valence-electron chi connectivity index (χ4n) is 4.71. The van der Waals surface area contributed by atoms with Crippen molar-refractivity contribution in [3.05, 3.63) is 95.1 Å². The Morgan fingerprint density at radius 2 is 1.85 bits per heavy atom. The van der Waals surface area contributed by atoms with Gasteiger partial charge >= 0.3 is 12.1 Å². The highest BCUT2D eigenvalue weighted by molar-refractivity contribution is 5.87. The summed E-state index contributed by atoms with van der Waals surface area (Å²) in [4.78, 5) is 34.9. The summed E-state index contributed by atoms with van der Waals surface area (Å²) in [5.41, 5.74) is 2.92. The van der Waals surface area contributed by atoms with Gasteiger partial charge in [-0.1, -0.05) is 36.4 Å². The van der Waals surface area contributed by atoms with Gasteiger partial charge in [0.1, 0.15) is 12.2 Å². The summed E-state index contributed by atoms with van der Waals surface area (Å²) in [6, 6.07) is 13.3. The van der Waals surface area contributed by atoms with E-state index in [0.717, 1.165) is 16.7 Å². The molecule has 0 radical (unpaired) electrons. The molecule has 41 heavy (non-hydrogen) atoms. The number of carboxylic acids is 1. The minimum absolute atomic E-state index is 0.0383. The quantitative estimate of drug-likeness (QED) is 0.315. The summed E-state index contributed by atoms with van der Waals surface area (Å²) in [7, 11) is 1.59. The molecule has 4 aromatic rings. The zero-order valence-corrected chi connectivity index (χ0v) is 23.4. The fourth-order valence-corrected chi connectivity index (χ4v) is 4.71. The summed E-state index contributed by atoms with van der Waals surface area (Å²) < 4.78 is 19.2. The lowest BCUT2D eigenvalue weighted by molar-refractivity contribution is 0.0184. The predicted octanol–water partition coefficient (Wildman–Crippen LogP) is 5.56. The van der Waals surface area contributed by atoms with Gasteiger partial charge in [0.15, 0.2) is 11.5 Å².